The Hall–Kier alpha value is -2.23. The minimum atomic E-state index is -0.840. The molecule has 1 aromatic heterocycles. The van der Waals surface area contributed by atoms with Crippen LogP contribution in [0.3, 0.4) is 0 Å². The van der Waals surface area contributed by atoms with Gasteiger partial charge in [-0.15, -0.1) is 0 Å². The fraction of sp³-hybridized carbons (Fsp3) is 0.476. The lowest BCUT2D eigenvalue weighted by molar-refractivity contribution is -0.134. The van der Waals surface area contributed by atoms with Crippen LogP contribution in [-0.2, 0) is 16.0 Å². The van der Waals surface area contributed by atoms with Crippen molar-refractivity contribution in [3.8, 4) is 0 Å². The van der Waals surface area contributed by atoms with Crippen LogP contribution < -0.4 is 11.2 Å². The number of halogens is 1. The second-order valence-corrected chi connectivity index (χ2v) is 8.42. The Bertz CT molecular complexity index is 1030. The molecule has 30 heavy (non-hydrogen) atoms. The lowest BCUT2D eigenvalue weighted by Gasteiger charge is -2.26. The molecule has 0 aliphatic carbocycles. The van der Waals surface area contributed by atoms with Crippen LogP contribution in [0.2, 0.25) is 0 Å². The number of aryl methyl sites for hydroxylation is 1. The molecule has 9 heteroatoms. The first-order chi connectivity index (χ1) is 14.2. The summed E-state index contributed by atoms with van der Waals surface area (Å²) in [6.07, 6.45) is -0.0405. The fourth-order valence-corrected chi connectivity index (χ4v) is 4.32. The van der Waals surface area contributed by atoms with E-state index in [1.165, 1.54) is 15.7 Å². The van der Waals surface area contributed by atoms with E-state index in [1.54, 1.807) is 7.05 Å². The minimum Gasteiger partial charge on any atom is -0.390 e. The number of aliphatic hydroxyl groups is 1. The largest absolute Gasteiger partial charge is 0.390 e. The van der Waals surface area contributed by atoms with Gasteiger partial charge in [-0.05, 0) is 25.0 Å². The van der Waals surface area contributed by atoms with Gasteiger partial charge < -0.3 is 14.7 Å². The van der Waals surface area contributed by atoms with Crippen molar-refractivity contribution in [2.24, 2.45) is 0 Å². The van der Waals surface area contributed by atoms with Crippen molar-refractivity contribution in [1.82, 2.24) is 14.5 Å². The summed E-state index contributed by atoms with van der Waals surface area (Å²) in [4.78, 5) is 40.7. The summed E-state index contributed by atoms with van der Waals surface area (Å²) in [6.45, 7) is 3.84. The third-order valence-corrected chi connectivity index (χ3v) is 6.23. The van der Waals surface area contributed by atoms with Gasteiger partial charge in [0, 0.05) is 36.2 Å². The molecule has 2 N–H and O–H groups in total. The van der Waals surface area contributed by atoms with E-state index in [9.17, 15) is 19.5 Å². The summed E-state index contributed by atoms with van der Waals surface area (Å²) < 4.78 is 8.06. The van der Waals surface area contributed by atoms with Crippen LogP contribution >= 0.6 is 15.9 Å². The molecule has 1 fully saturated rings. The number of rotatable bonds is 6. The Labute approximate surface area is 182 Å². The molecular weight excluding hydrogens is 454 g/mol. The molecule has 0 spiro atoms. The zero-order valence-corrected chi connectivity index (χ0v) is 18.8. The maximum absolute atomic E-state index is 12.9. The average Bonchev–Trinajstić information content (AvgIpc) is 3.07. The van der Waals surface area contributed by atoms with Crippen molar-refractivity contribution in [3.63, 3.8) is 0 Å². The van der Waals surface area contributed by atoms with Crippen molar-refractivity contribution in [1.29, 1.82) is 0 Å². The van der Waals surface area contributed by atoms with Crippen LogP contribution in [0.5, 0.6) is 0 Å². The predicted octanol–water partition coefficient (Wildman–Crippen LogP) is 1.77. The molecule has 4 atom stereocenters. The summed E-state index contributed by atoms with van der Waals surface area (Å²) in [5.74, 6) is -0.468. The number of aromatic nitrogens is 2. The quantitative estimate of drug-likeness (QED) is 0.656. The van der Waals surface area contributed by atoms with Gasteiger partial charge in [0.25, 0.3) is 5.56 Å². The van der Waals surface area contributed by atoms with Gasteiger partial charge in [-0.3, -0.25) is 19.1 Å². The highest BCUT2D eigenvalue weighted by atomic mass is 79.9. The number of nitrogens with one attached hydrogen (secondary N) is 1. The average molecular weight is 480 g/mol. The summed E-state index contributed by atoms with van der Waals surface area (Å²) in [5.41, 5.74) is 0.347. The van der Waals surface area contributed by atoms with Gasteiger partial charge in [-0.2, -0.15) is 0 Å². The van der Waals surface area contributed by atoms with Crippen molar-refractivity contribution >= 4 is 21.8 Å². The van der Waals surface area contributed by atoms with Gasteiger partial charge >= 0.3 is 5.69 Å². The maximum atomic E-state index is 12.9. The topological polar surface area (TPSA) is 105 Å². The van der Waals surface area contributed by atoms with E-state index in [1.807, 2.05) is 38.1 Å². The first kappa shape index (κ1) is 22.5. The maximum Gasteiger partial charge on any atom is 0.330 e. The van der Waals surface area contributed by atoms with Gasteiger partial charge in [0.2, 0.25) is 5.91 Å². The zero-order chi connectivity index (χ0) is 22.0. The van der Waals surface area contributed by atoms with Gasteiger partial charge in [0.15, 0.2) is 0 Å². The number of H-pyrrole nitrogens is 1. The molecule has 162 valence electrons. The van der Waals surface area contributed by atoms with Crippen molar-refractivity contribution < 1.29 is 14.6 Å². The second-order valence-electron chi connectivity index (χ2n) is 7.57. The molecule has 0 radical (unpaired) electrons. The third-order valence-electron chi connectivity index (χ3n) is 5.51. The Morgan fingerprint density at radius 1 is 1.40 bits per heavy atom. The van der Waals surface area contributed by atoms with Crippen LogP contribution in [0, 0.1) is 0 Å². The molecule has 0 saturated carbocycles. The van der Waals surface area contributed by atoms with E-state index in [4.69, 9.17) is 4.74 Å². The molecule has 3 rings (SSSR count). The standard InChI is InChI=1S/C21H26BrN3O5/c1-4-13-10-25(21(29)23-19(13)27)18-9-16(26)17(30-18)11-24(3)20(28)12(2)14-7-5-6-8-15(14)22/h5-8,10,12,16-18,26H,4,9,11H2,1-3H3,(H,23,27,29)/t12?,16-,17+,18+/m0/s1. The first-order valence-corrected chi connectivity index (χ1v) is 10.7. The monoisotopic (exact) mass is 479 g/mol. The molecule has 2 aromatic rings. The molecule has 1 aliphatic heterocycles. The minimum absolute atomic E-state index is 0.101. The molecule has 8 nitrogen and oxygen atoms in total. The Kier molecular flexibility index (Phi) is 6.95. The lowest BCUT2D eigenvalue weighted by Crippen LogP contribution is -2.40. The second kappa shape index (κ2) is 9.28. The van der Waals surface area contributed by atoms with E-state index in [-0.39, 0.29) is 24.8 Å². The van der Waals surface area contributed by atoms with Gasteiger partial charge in [-0.1, -0.05) is 41.1 Å². The number of hydrogen-bond acceptors (Lipinski definition) is 5. The number of benzene rings is 1. The number of aliphatic hydroxyl groups excluding tert-OH is 1. The van der Waals surface area contributed by atoms with Crippen molar-refractivity contribution in [3.05, 3.63) is 66.9 Å². The van der Waals surface area contributed by atoms with E-state index in [0.29, 0.717) is 12.0 Å². The first-order valence-electron chi connectivity index (χ1n) is 9.90. The number of carbonyl (C=O) groups excluding carboxylic acids is 1. The number of aromatic amines is 1. The van der Waals surface area contributed by atoms with Crippen LogP contribution in [0.4, 0.5) is 0 Å². The predicted molar refractivity (Wildman–Crippen MR) is 115 cm³/mol. The molecular formula is C21H26BrN3O5. The number of amides is 1. The number of nitrogens with zero attached hydrogens (tertiary/aromatic N) is 2. The van der Waals surface area contributed by atoms with Crippen LogP contribution in [0.1, 0.15) is 43.5 Å². The van der Waals surface area contributed by atoms with Gasteiger partial charge in [0.1, 0.15) is 12.3 Å². The summed E-state index contributed by atoms with van der Waals surface area (Å²) in [5, 5.41) is 10.5. The molecule has 1 saturated heterocycles. The number of hydrogen-bond donors (Lipinski definition) is 2. The highest BCUT2D eigenvalue weighted by Crippen LogP contribution is 2.30. The summed E-state index contributed by atoms with van der Waals surface area (Å²) in [7, 11) is 1.67. The molecule has 1 aliphatic rings. The fourth-order valence-electron chi connectivity index (χ4n) is 3.69. The number of likely N-dealkylation sites (N-methyl/N-ethyl adjacent to an activating group) is 1. The van der Waals surface area contributed by atoms with E-state index < -0.39 is 29.7 Å². The molecule has 0 bridgehead atoms. The van der Waals surface area contributed by atoms with E-state index in [0.717, 1.165) is 10.0 Å². The molecule has 1 aromatic carbocycles. The zero-order valence-electron chi connectivity index (χ0n) is 17.2. The van der Waals surface area contributed by atoms with E-state index >= 15 is 0 Å². The van der Waals surface area contributed by atoms with E-state index in [2.05, 4.69) is 20.9 Å². The molecule has 1 unspecified atom stereocenters. The van der Waals surface area contributed by atoms with Gasteiger partial charge in [0.05, 0.1) is 12.0 Å². The summed E-state index contributed by atoms with van der Waals surface area (Å²) >= 11 is 3.48. The Morgan fingerprint density at radius 3 is 2.77 bits per heavy atom. The van der Waals surface area contributed by atoms with Crippen LogP contribution in [0.15, 0.2) is 44.5 Å². The van der Waals surface area contributed by atoms with Crippen LogP contribution in [-0.4, -0.2) is 51.3 Å². The molecule has 1 amide bonds. The Morgan fingerprint density at radius 2 is 2.10 bits per heavy atom. The summed E-state index contributed by atoms with van der Waals surface area (Å²) in [6, 6.07) is 7.55. The van der Waals surface area contributed by atoms with Crippen molar-refractivity contribution in [2.45, 2.75) is 51.0 Å². The SMILES string of the molecule is CCc1cn([C@H]2C[C@H](O)[C@@H](CN(C)C(=O)C(C)c3ccccc3Br)O2)c(=O)[nH]c1=O. The number of ether oxygens (including phenoxy) is 1. The van der Waals surface area contributed by atoms with Crippen LogP contribution in [0.25, 0.3) is 0 Å². The lowest BCUT2D eigenvalue weighted by atomic mass is 9.99. The number of carbonyl (C=O) groups is 1. The Balaban J connectivity index is 1.71. The third kappa shape index (κ3) is 4.58. The van der Waals surface area contributed by atoms with Crippen molar-refractivity contribution in [2.75, 3.05) is 13.6 Å². The molecule has 2 heterocycles. The normalized spacial score (nSPS) is 22.1. The highest BCUT2D eigenvalue weighted by molar-refractivity contribution is 9.10. The highest BCUT2D eigenvalue weighted by Gasteiger charge is 2.37. The smallest absolute Gasteiger partial charge is 0.330 e. The van der Waals surface area contributed by atoms with Gasteiger partial charge in [-0.25, -0.2) is 4.79 Å².